The number of halogens is 3. The van der Waals surface area contributed by atoms with Gasteiger partial charge in [0.05, 0.1) is 11.4 Å². The number of alkyl halides is 3. The summed E-state index contributed by atoms with van der Waals surface area (Å²) in [6.07, 6.45) is 4.58. The van der Waals surface area contributed by atoms with E-state index in [0.29, 0.717) is 11.3 Å². The van der Waals surface area contributed by atoms with Gasteiger partial charge >= 0.3 is 6.18 Å². The van der Waals surface area contributed by atoms with Crippen molar-refractivity contribution in [3.05, 3.63) is 52.8 Å². The molecular weight excluding hydrogens is 391 g/mol. The molecule has 8 heteroatoms. The molecule has 1 aromatic rings. The largest absolute Gasteiger partial charge is 0.430 e. The van der Waals surface area contributed by atoms with E-state index in [1.807, 2.05) is 17.8 Å². The molecule has 0 saturated heterocycles. The van der Waals surface area contributed by atoms with Gasteiger partial charge in [-0.15, -0.1) is 11.8 Å². The Kier molecular flexibility index (Phi) is 8.28. The second-order valence-electron chi connectivity index (χ2n) is 6.27. The number of aromatic nitrogens is 1. The predicted molar refractivity (Wildman–Crippen MR) is 109 cm³/mol. The molecule has 2 heterocycles. The van der Waals surface area contributed by atoms with Crippen LogP contribution in [0.5, 0.6) is 0 Å². The van der Waals surface area contributed by atoms with Crippen LogP contribution in [0.4, 0.5) is 13.2 Å². The number of nitrogens with two attached hydrogens (primary N) is 1. The monoisotopic (exact) mass is 415 g/mol. The third-order valence-electron chi connectivity index (χ3n) is 4.12. The SMILES string of the molecule is CCCCCCSC1C=CSC1c1ccnc(C(=N)C=C(N)C(F)(F)F)c1. The molecule has 148 valence electrons. The van der Waals surface area contributed by atoms with E-state index in [9.17, 15) is 13.2 Å². The fraction of sp³-hybridized carbons (Fsp3) is 0.474. The minimum Gasteiger partial charge on any atom is -0.395 e. The summed E-state index contributed by atoms with van der Waals surface area (Å²) in [7, 11) is 0. The summed E-state index contributed by atoms with van der Waals surface area (Å²) in [5.41, 5.74) is 4.53. The van der Waals surface area contributed by atoms with E-state index in [0.717, 1.165) is 11.3 Å². The van der Waals surface area contributed by atoms with Crippen molar-refractivity contribution in [1.29, 1.82) is 5.41 Å². The number of allylic oxidation sites excluding steroid dienone is 2. The number of rotatable bonds is 9. The van der Waals surface area contributed by atoms with Gasteiger partial charge in [0, 0.05) is 16.7 Å². The highest BCUT2D eigenvalue weighted by Crippen LogP contribution is 2.44. The first kappa shape index (κ1) is 21.9. The van der Waals surface area contributed by atoms with Gasteiger partial charge in [-0.2, -0.15) is 24.9 Å². The smallest absolute Gasteiger partial charge is 0.395 e. The molecule has 2 atom stereocenters. The van der Waals surface area contributed by atoms with Crippen molar-refractivity contribution in [1.82, 2.24) is 4.98 Å². The summed E-state index contributed by atoms with van der Waals surface area (Å²) in [4.78, 5) is 4.04. The molecule has 0 saturated carbocycles. The van der Waals surface area contributed by atoms with Gasteiger partial charge in [0.25, 0.3) is 0 Å². The Balaban J connectivity index is 2.04. The van der Waals surface area contributed by atoms with Crippen molar-refractivity contribution in [2.75, 3.05) is 5.75 Å². The average molecular weight is 416 g/mol. The number of nitrogens with zero attached hydrogens (tertiary/aromatic N) is 1. The molecule has 1 aliphatic rings. The van der Waals surface area contributed by atoms with Gasteiger partial charge in [-0.3, -0.25) is 10.4 Å². The van der Waals surface area contributed by atoms with E-state index in [1.54, 1.807) is 24.0 Å². The highest BCUT2D eigenvalue weighted by Gasteiger charge is 2.32. The summed E-state index contributed by atoms with van der Waals surface area (Å²) < 4.78 is 37.7. The quantitative estimate of drug-likeness (QED) is 0.393. The Morgan fingerprint density at radius 1 is 1.37 bits per heavy atom. The van der Waals surface area contributed by atoms with Crippen LogP contribution >= 0.6 is 23.5 Å². The molecular formula is C19H24F3N3S2. The van der Waals surface area contributed by atoms with Gasteiger partial charge in [0.2, 0.25) is 0 Å². The minimum atomic E-state index is -4.64. The maximum absolute atomic E-state index is 12.6. The third kappa shape index (κ3) is 6.60. The second-order valence-corrected chi connectivity index (χ2v) is 8.60. The zero-order valence-corrected chi connectivity index (χ0v) is 16.8. The van der Waals surface area contributed by atoms with Crippen LogP contribution in [0.2, 0.25) is 0 Å². The Morgan fingerprint density at radius 3 is 2.85 bits per heavy atom. The predicted octanol–water partition coefficient (Wildman–Crippen LogP) is 5.84. The molecule has 0 bridgehead atoms. The Morgan fingerprint density at radius 2 is 2.15 bits per heavy atom. The fourth-order valence-electron chi connectivity index (χ4n) is 2.63. The maximum Gasteiger partial charge on any atom is 0.430 e. The van der Waals surface area contributed by atoms with Crippen molar-refractivity contribution >= 4 is 29.2 Å². The lowest BCUT2D eigenvalue weighted by molar-refractivity contribution is -0.0925. The van der Waals surface area contributed by atoms with E-state index in [-0.39, 0.29) is 16.7 Å². The normalized spacial score (nSPS) is 20.2. The standard InChI is InChI=1S/C19H24F3N3S2/c1-2-3-4-5-9-26-16-7-10-27-18(16)13-6-8-25-15(11-13)14(23)12-17(24)19(20,21)22/h6-8,10-12,16,18,23H,2-5,9,24H2,1H3. The van der Waals surface area contributed by atoms with Crippen LogP contribution in [0, 0.1) is 5.41 Å². The highest BCUT2D eigenvalue weighted by atomic mass is 32.2. The van der Waals surface area contributed by atoms with Crippen molar-refractivity contribution in [3.8, 4) is 0 Å². The van der Waals surface area contributed by atoms with Gasteiger partial charge in [0.15, 0.2) is 0 Å². The molecule has 1 aromatic heterocycles. The van der Waals surface area contributed by atoms with Gasteiger partial charge < -0.3 is 5.73 Å². The third-order valence-corrected chi connectivity index (χ3v) is 6.80. The van der Waals surface area contributed by atoms with Crippen molar-refractivity contribution in [2.24, 2.45) is 5.73 Å². The fourth-order valence-corrected chi connectivity index (χ4v) is 5.30. The number of thioether (sulfide) groups is 2. The first-order chi connectivity index (χ1) is 12.8. The van der Waals surface area contributed by atoms with Gasteiger partial charge in [-0.25, -0.2) is 0 Å². The average Bonchev–Trinajstić information content (AvgIpc) is 3.09. The lowest BCUT2D eigenvalue weighted by Gasteiger charge is -2.19. The Bertz CT molecular complexity index is 702. The second kappa shape index (κ2) is 10.2. The van der Waals surface area contributed by atoms with Crippen molar-refractivity contribution in [3.63, 3.8) is 0 Å². The zero-order chi connectivity index (χ0) is 19.9. The van der Waals surface area contributed by atoms with Crippen LogP contribution in [0.3, 0.4) is 0 Å². The molecule has 0 fully saturated rings. The maximum atomic E-state index is 12.6. The molecule has 1 aliphatic heterocycles. The Hall–Kier alpha value is -1.41. The summed E-state index contributed by atoms with van der Waals surface area (Å²) in [5.74, 6) is 1.09. The van der Waals surface area contributed by atoms with Crippen LogP contribution in [-0.4, -0.2) is 27.9 Å². The van der Waals surface area contributed by atoms with E-state index in [4.69, 9.17) is 11.1 Å². The number of unbranched alkanes of at least 4 members (excludes halogenated alkanes) is 3. The number of hydrogen-bond acceptors (Lipinski definition) is 5. The van der Waals surface area contributed by atoms with E-state index < -0.39 is 11.9 Å². The molecule has 0 amide bonds. The van der Waals surface area contributed by atoms with Gasteiger partial charge in [-0.05, 0) is 41.4 Å². The lowest BCUT2D eigenvalue weighted by atomic mass is 10.1. The molecule has 0 radical (unpaired) electrons. The molecule has 0 aromatic carbocycles. The molecule has 27 heavy (non-hydrogen) atoms. The van der Waals surface area contributed by atoms with E-state index >= 15 is 0 Å². The van der Waals surface area contributed by atoms with Gasteiger partial charge in [-0.1, -0.05) is 32.3 Å². The molecule has 3 nitrogen and oxygen atoms in total. The van der Waals surface area contributed by atoms with Crippen LogP contribution in [0.25, 0.3) is 0 Å². The molecule has 3 N–H and O–H groups in total. The van der Waals surface area contributed by atoms with Crippen molar-refractivity contribution in [2.45, 2.75) is 49.3 Å². The first-order valence-electron chi connectivity index (χ1n) is 8.86. The number of nitrogens with one attached hydrogen (secondary N) is 1. The first-order valence-corrected chi connectivity index (χ1v) is 10.8. The molecule has 0 aliphatic carbocycles. The van der Waals surface area contributed by atoms with E-state index in [1.165, 1.54) is 25.7 Å². The van der Waals surface area contributed by atoms with Gasteiger partial charge in [0.1, 0.15) is 5.70 Å². The Labute approximate surface area is 166 Å². The van der Waals surface area contributed by atoms with Crippen LogP contribution < -0.4 is 5.73 Å². The summed E-state index contributed by atoms with van der Waals surface area (Å²) in [6.45, 7) is 2.19. The van der Waals surface area contributed by atoms with Crippen LogP contribution in [0.1, 0.15) is 49.1 Å². The summed E-state index contributed by atoms with van der Waals surface area (Å²) >= 11 is 3.59. The minimum absolute atomic E-state index is 0.180. The number of pyridine rings is 1. The van der Waals surface area contributed by atoms with E-state index in [2.05, 4.69) is 23.4 Å². The topological polar surface area (TPSA) is 62.8 Å². The van der Waals surface area contributed by atoms with Crippen LogP contribution in [-0.2, 0) is 0 Å². The lowest BCUT2D eigenvalue weighted by Crippen LogP contribution is -2.21. The zero-order valence-electron chi connectivity index (χ0n) is 15.1. The van der Waals surface area contributed by atoms with Crippen molar-refractivity contribution < 1.29 is 13.2 Å². The molecule has 2 unspecified atom stereocenters. The van der Waals surface area contributed by atoms with Crippen LogP contribution in [0.15, 0.2) is 41.6 Å². The number of hydrogen-bond donors (Lipinski definition) is 2. The molecule has 0 spiro atoms. The highest BCUT2D eigenvalue weighted by molar-refractivity contribution is 8.05. The summed E-state index contributed by atoms with van der Waals surface area (Å²) in [5, 5.41) is 10.5. The summed E-state index contributed by atoms with van der Waals surface area (Å²) in [6, 6.07) is 3.56. The molecule has 2 rings (SSSR count).